The lowest BCUT2D eigenvalue weighted by Gasteiger charge is -2.10. The van der Waals surface area contributed by atoms with Crippen LogP contribution in [0.25, 0.3) is 21.8 Å². The highest BCUT2D eigenvalue weighted by Gasteiger charge is 2.11. The van der Waals surface area contributed by atoms with Gasteiger partial charge in [0.25, 0.3) is 0 Å². The Morgan fingerprint density at radius 1 is 1.21 bits per heavy atom. The lowest BCUT2D eigenvalue weighted by Crippen LogP contribution is -1.95. The van der Waals surface area contributed by atoms with Crippen LogP contribution < -0.4 is 4.74 Å². The summed E-state index contributed by atoms with van der Waals surface area (Å²) < 4.78 is 5.41. The smallest absolute Gasteiger partial charge is 0.168 e. The number of ether oxygens (including phenoxy) is 1. The number of rotatable bonds is 2. The third-order valence-electron chi connectivity index (χ3n) is 3.20. The van der Waals surface area contributed by atoms with Gasteiger partial charge in [-0.3, -0.25) is 9.78 Å². The fourth-order valence-electron chi connectivity index (χ4n) is 2.30. The molecule has 4 heteroatoms. The molecular formula is C15H12N2O2. The number of methoxy groups -OCH3 is 1. The van der Waals surface area contributed by atoms with E-state index in [1.807, 2.05) is 25.1 Å². The van der Waals surface area contributed by atoms with Crippen molar-refractivity contribution in [2.24, 2.45) is 0 Å². The molecule has 0 atom stereocenters. The van der Waals surface area contributed by atoms with Gasteiger partial charge < -0.3 is 4.74 Å². The Morgan fingerprint density at radius 3 is 2.79 bits per heavy atom. The zero-order chi connectivity index (χ0) is 13.4. The standard InChI is InChI=1S/C15H12N2O2/c1-9-6-10(8-18)17-15-12(9)7-13(19-2)11-4-3-5-16-14(11)15/h3-8H,1-2H3. The molecule has 0 saturated carbocycles. The Balaban J connectivity index is 2.56. The number of aryl methyl sites for hydroxylation is 1. The van der Waals surface area contributed by atoms with Gasteiger partial charge in [0.2, 0.25) is 0 Å². The Hall–Kier alpha value is -2.49. The second-order valence-corrected chi connectivity index (χ2v) is 4.36. The first-order valence-electron chi connectivity index (χ1n) is 5.93. The second-order valence-electron chi connectivity index (χ2n) is 4.36. The Morgan fingerprint density at radius 2 is 2.05 bits per heavy atom. The molecule has 0 aliphatic rings. The molecule has 0 aliphatic carbocycles. The maximum Gasteiger partial charge on any atom is 0.168 e. The molecule has 2 aromatic heterocycles. The minimum atomic E-state index is 0.419. The Bertz CT molecular complexity index is 797. The first kappa shape index (κ1) is 11.6. The summed E-state index contributed by atoms with van der Waals surface area (Å²) in [5.41, 5.74) is 2.89. The third kappa shape index (κ3) is 1.73. The van der Waals surface area contributed by atoms with Crippen molar-refractivity contribution in [3.05, 3.63) is 41.7 Å². The molecule has 0 radical (unpaired) electrons. The van der Waals surface area contributed by atoms with Crippen molar-refractivity contribution in [3.8, 4) is 5.75 Å². The van der Waals surface area contributed by atoms with Crippen molar-refractivity contribution in [1.82, 2.24) is 9.97 Å². The lowest BCUT2D eigenvalue weighted by molar-refractivity contribution is 0.111. The van der Waals surface area contributed by atoms with Gasteiger partial charge in [0.1, 0.15) is 17.0 Å². The molecule has 19 heavy (non-hydrogen) atoms. The van der Waals surface area contributed by atoms with Crippen LogP contribution in [-0.2, 0) is 0 Å². The first-order chi connectivity index (χ1) is 9.24. The van der Waals surface area contributed by atoms with Gasteiger partial charge >= 0.3 is 0 Å². The molecule has 0 fully saturated rings. The van der Waals surface area contributed by atoms with E-state index in [1.54, 1.807) is 19.4 Å². The van der Waals surface area contributed by atoms with E-state index in [0.29, 0.717) is 5.69 Å². The van der Waals surface area contributed by atoms with E-state index >= 15 is 0 Å². The van der Waals surface area contributed by atoms with Crippen molar-refractivity contribution in [2.75, 3.05) is 7.11 Å². The number of fused-ring (bicyclic) bond motifs is 3. The number of benzene rings is 1. The molecule has 0 saturated heterocycles. The molecule has 0 aliphatic heterocycles. The minimum absolute atomic E-state index is 0.419. The van der Waals surface area contributed by atoms with Crippen LogP contribution in [0, 0.1) is 6.92 Å². The van der Waals surface area contributed by atoms with E-state index in [0.717, 1.165) is 39.4 Å². The molecule has 0 N–H and O–H groups in total. The molecule has 2 heterocycles. The van der Waals surface area contributed by atoms with Crippen molar-refractivity contribution in [2.45, 2.75) is 6.92 Å². The summed E-state index contributed by atoms with van der Waals surface area (Å²) >= 11 is 0. The fourth-order valence-corrected chi connectivity index (χ4v) is 2.30. The maximum absolute atomic E-state index is 11.0. The molecule has 1 aromatic carbocycles. The highest BCUT2D eigenvalue weighted by molar-refractivity contribution is 6.07. The molecular weight excluding hydrogens is 240 g/mol. The predicted octanol–water partition coefficient (Wildman–Crippen LogP) is 2.91. The molecule has 0 amide bonds. The number of carbonyl (C=O) groups excluding carboxylic acids is 1. The highest BCUT2D eigenvalue weighted by atomic mass is 16.5. The summed E-state index contributed by atoms with van der Waals surface area (Å²) in [6, 6.07) is 7.50. The predicted molar refractivity (Wildman–Crippen MR) is 73.7 cm³/mol. The van der Waals surface area contributed by atoms with Gasteiger partial charge in [0.05, 0.1) is 12.6 Å². The summed E-state index contributed by atoms with van der Waals surface area (Å²) in [6.45, 7) is 1.95. The van der Waals surface area contributed by atoms with Crippen LogP contribution in [0.1, 0.15) is 16.1 Å². The van der Waals surface area contributed by atoms with E-state index in [4.69, 9.17) is 4.74 Å². The molecule has 94 valence electrons. The van der Waals surface area contributed by atoms with E-state index in [1.165, 1.54) is 0 Å². The molecule has 0 bridgehead atoms. The largest absolute Gasteiger partial charge is 0.496 e. The topological polar surface area (TPSA) is 52.1 Å². The van der Waals surface area contributed by atoms with Crippen molar-refractivity contribution in [3.63, 3.8) is 0 Å². The van der Waals surface area contributed by atoms with Crippen LogP contribution in [0.4, 0.5) is 0 Å². The van der Waals surface area contributed by atoms with Gasteiger partial charge in [-0.15, -0.1) is 0 Å². The quantitative estimate of drug-likeness (QED) is 0.520. The molecule has 4 nitrogen and oxygen atoms in total. The SMILES string of the molecule is COc1cc2c(C)cc(C=O)nc2c2ncccc12. The van der Waals surface area contributed by atoms with Crippen LogP contribution in [0.3, 0.4) is 0 Å². The van der Waals surface area contributed by atoms with Crippen molar-refractivity contribution < 1.29 is 9.53 Å². The minimum Gasteiger partial charge on any atom is -0.496 e. The first-order valence-corrected chi connectivity index (χ1v) is 5.93. The zero-order valence-electron chi connectivity index (χ0n) is 10.7. The third-order valence-corrected chi connectivity index (χ3v) is 3.20. The summed E-state index contributed by atoms with van der Waals surface area (Å²) in [4.78, 5) is 19.7. The molecule has 3 aromatic rings. The number of hydrogen-bond donors (Lipinski definition) is 0. The van der Waals surface area contributed by atoms with Gasteiger partial charge in [0, 0.05) is 17.0 Å². The van der Waals surface area contributed by atoms with E-state index in [9.17, 15) is 4.79 Å². The number of pyridine rings is 2. The van der Waals surface area contributed by atoms with Gasteiger partial charge in [-0.05, 0) is 36.8 Å². The average molecular weight is 252 g/mol. The summed E-state index contributed by atoms with van der Waals surface area (Å²) in [5, 5.41) is 1.85. The Kier molecular flexibility index (Phi) is 2.63. The summed E-state index contributed by atoms with van der Waals surface area (Å²) in [5.74, 6) is 0.763. The van der Waals surface area contributed by atoms with E-state index in [2.05, 4.69) is 9.97 Å². The lowest BCUT2D eigenvalue weighted by atomic mass is 10.0. The van der Waals surface area contributed by atoms with Crippen LogP contribution in [0.15, 0.2) is 30.5 Å². The fraction of sp³-hybridized carbons (Fsp3) is 0.133. The monoisotopic (exact) mass is 252 g/mol. The summed E-state index contributed by atoms with van der Waals surface area (Å²) in [6.07, 6.45) is 2.47. The Labute approximate surface area is 110 Å². The van der Waals surface area contributed by atoms with Gasteiger partial charge in [-0.25, -0.2) is 4.98 Å². The highest BCUT2D eigenvalue weighted by Crippen LogP contribution is 2.32. The molecule has 0 unspecified atom stereocenters. The second kappa shape index (κ2) is 4.31. The number of hydrogen-bond acceptors (Lipinski definition) is 4. The number of aromatic nitrogens is 2. The maximum atomic E-state index is 11.0. The van der Waals surface area contributed by atoms with Crippen molar-refractivity contribution in [1.29, 1.82) is 0 Å². The molecule has 3 rings (SSSR count). The number of nitrogens with zero attached hydrogens (tertiary/aromatic N) is 2. The summed E-state index contributed by atoms with van der Waals surface area (Å²) in [7, 11) is 1.64. The normalized spacial score (nSPS) is 10.8. The van der Waals surface area contributed by atoms with Gasteiger partial charge in [-0.1, -0.05) is 0 Å². The van der Waals surface area contributed by atoms with Crippen molar-refractivity contribution >= 4 is 28.1 Å². The van der Waals surface area contributed by atoms with Gasteiger partial charge in [-0.2, -0.15) is 0 Å². The number of carbonyl (C=O) groups is 1. The van der Waals surface area contributed by atoms with Gasteiger partial charge in [0.15, 0.2) is 6.29 Å². The zero-order valence-corrected chi connectivity index (χ0v) is 10.7. The molecule has 0 spiro atoms. The van der Waals surface area contributed by atoms with Crippen LogP contribution >= 0.6 is 0 Å². The van der Waals surface area contributed by atoms with E-state index in [-0.39, 0.29) is 0 Å². The van der Waals surface area contributed by atoms with Crippen LogP contribution in [0.2, 0.25) is 0 Å². The van der Waals surface area contributed by atoms with Crippen LogP contribution in [-0.4, -0.2) is 23.4 Å². The van der Waals surface area contributed by atoms with E-state index < -0.39 is 0 Å². The van der Waals surface area contributed by atoms with Crippen LogP contribution in [0.5, 0.6) is 5.75 Å². The number of aldehydes is 1. The average Bonchev–Trinajstić information content (AvgIpc) is 2.46.